The maximum absolute atomic E-state index is 12.4. The third-order valence-electron chi connectivity index (χ3n) is 5.50. The van der Waals surface area contributed by atoms with Crippen molar-refractivity contribution in [1.29, 1.82) is 0 Å². The van der Waals surface area contributed by atoms with Crippen LogP contribution in [-0.4, -0.2) is 51.5 Å². The number of ketones is 1. The Balaban J connectivity index is 1.48. The van der Waals surface area contributed by atoms with E-state index in [9.17, 15) is 9.59 Å². The molecule has 0 aliphatic carbocycles. The van der Waals surface area contributed by atoms with Gasteiger partial charge in [-0.2, -0.15) is 0 Å². The molecule has 1 fully saturated rings. The quantitative estimate of drug-likeness (QED) is 0.582. The normalized spacial score (nSPS) is 18.9. The lowest BCUT2D eigenvalue weighted by atomic mass is 10.1. The average molecular weight is 398 g/mol. The van der Waals surface area contributed by atoms with Gasteiger partial charge in [-0.25, -0.2) is 0 Å². The molecule has 1 amide bonds. The Hall–Kier alpha value is -2.70. The van der Waals surface area contributed by atoms with Gasteiger partial charge in [0, 0.05) is 16.8 Å². The Bertz CT molecular complexity index is 873. The maximum atomic E-state index is 12.4. The number of aryl methyl sites for hydroxylation is 1. The number of piperazine rings is 1. The fourth-order valence-electron chi connectivity index (χ4n) is 3.87. The van der Waals surface area contributed by atoms with Gasteiger partial charge in [-0.15, -0.1) is 0 Å². The summed E-state index contributed by atoms with van der Waals surface area (Å²) in [5, 5.41) is 2.92. The third kappa shape index (κ3) is 5.89. The zero-order valence-corrected chi connectivity index (χ0v) is 17.5. The molecule has 0 unspecified atom stereocenters. The van der Waals surface area contributed by atoms with Crippen molar-refractivity contribution in [1.82, 2.24) is 0 Å². The second-order valence-corrected chi connectivity index (χ2v) is 7.85. The molecule has 6 nitrogen and oxygen atoms in total. The summed E-state index contributed by atoms with van der Waals surface area (Å²) in [6, 6.07) is 13.4. The van der Waals surface area contributed by atoms with Crippen molar-refractivity contribution in [2.75, 3.05) is 45.2 Å². The summed E-state index contributed by atoms with van der Waals surface area (Å²) >= 11 is 0. The lowest BCUT2D eigenvalue weighted by molar-refractivity contribution is -1.02. The van der Waals surface area contributed by atoms with Gasteiger partial charge >= 0.3 is 0 Å². The van der Waals surface area contributed by atoms with Crippen LogP contribution in [0.3, 0.4) is 0 Å². The number of methoxy groups -OCH3 is 1. The molecule has 1 saturated heterocycles. The number of carbonyl (C=O) groups is 2. The van der Waals surface area contributed by atoms with Crippen molar-refractivity contribution >= 4 is 17.4 Å². The summed E-state index contributed by atoms with van der Waals surface area (Å²) in [4.78, 5) is 26.7. The summed E-state index contributed by atoms with van der Waals surface area (Å²) < 4.78 is 5.50. The number of ether oxygens (including phenoxy) is 1. The van der Waals surface area contributed by atoms with E-state index < -0.39 is 0 Å². The van der Waals surface area contributed by atoms with E-state index in [0.29, 0.717) is 17.8 Å². The van der Waals surface area contributed by atoms with Crippen LogP contribution in [0.25, 0.3) is 0 Å². The van der Waals surface area contributed by atoms with Gasteiger partial charge in [-0.1, -0.05) is 23.8 Å². The predicted molar refractivity (Wildman–Crippen MR) is 113 cm³/mol. The Labute approximate surface area is 172 Å². The summed E-state index contributed by atoms with van der Waals surface area (Å²) in [5.74, 6) is 0.936. The van der Waals surface area contributed by atoms with Crippen LogP contribution in [0.2, 0.25) is 0 Å². The highest BCUT2D eigenvalue weighted by Crippen LogP contribution is 2.18. The van der Waals surface area contributed by atoms with Gasteiger partial charge in [0.2, 0.25) is 0 Å². The zero-order chi connectivity index (χ0) is 20.8. The zero-order valence-electron chi connectivity index (χ0n) is 17.5. The first-order valence-electron chi connectivity index (χ1n) is 10.2. The van der Waals surface area contributed by atoms with Crippen LogP contribution >= 0.6 is 0 Å². The highest BCUT2D eigenvalue weighted by molar-refractivity contribution is 5.97. The molecule has 2 aromatic rings. The van der Waals surface area contributed by atoms with E-state index >= 15 is 0 Å². The Morgan fingerprint density at radius 1 is 1.03 bits per heavy atom. The highest BCUT2D eigenvalue weighted by Gasteiger charge is 2.25. The molecule has 154 valence electrons. The van der Waals surface area contributed by atoms with Gasteiger partial charge in [0.25, 0.3) is 5.91 Å². The smallest absolute Gasteiger partial charge is 0.279 e. The molecule has 1 aliphatic rings. The Morgan fingerprint density at radius 3 is 2.45 bits per heavy atom. The first kappa shape index (κ1) is 21.0. The van der Waals surface area contributed by atoms with Gasteiger partial charge in [0.05, 0.1) is 7.11 Å². The van der Waals surface area contributed by atoms with Crippen LogP contribution in [0.15, 0.2) is 42.5 Å². The van der Waals surface area contributed by atoms with Crippen molar-refractivity contribution in [3.63, 3.8) is 0 Å². The average Bonchev–Trinajstić information content (AvgIpc) is 2.70. The number of Topliss-reactive ketones (excluding diaryl/α,β-unsaturated/α-hetero) is 1. The van der Waals surface area contributed by atoms with Gasteiger partial charge < -0.3 is 19.9 Å². The van der Waals surface area contributed by atoms with E-state index in [0.717, 1.165) is 38.5 Å². The van der Waals surface area contributed by atoms with Crippen molar-refractivity contribution in [2.45, 2.75) is 20.4 Å². The first-order chi connectivity index (χ1) is 13.9. The molecule has 6 heteroatoms. The van der Waals surface area contributed by atoms with Crippen molar-refractivity contribution in [3.05, 3.63) is 59.2 Å². The molecule has 0 atom stereocenters. The molecule has 0 saturated carbocycles. The lowest BCUT2D eigenvalue weighted by Crippen LogP contribution is -3.28. The Kier molecular flexibility index (Phi) is 7.01. The van der Waals surface area contributed by atoms with Crippen molar-refractivity contribution in [3.8, 4) is 5.75 Å². The topological polar surface area (TPSA) is 64.3 Å². The predicted octanol–water partition coefficient (Wildman–Crippen LogP) is 0.128. The van der Waals surface area contributed by atoms with Crippen LogP contribution in [0.1, 0.15) is 28.4 Å². The molecule has 0 spiro atoms. The van der Waals surface area contributed by atoms with E-state index in [1.165, 1.54) is 27.9 Å². The number of rotatable bonds is 7. The number of carbonyl (C=O) groups excluding carboxylic acids is 2. The molecular weight excluding hydrogens is 366 g/mol. The number of amides is 1. The standard InChI is InChI=1S/C23H29N3O3/c1-17-7-8-22(29-3)20(13-17)15-25-9-11-26(12-10-25)16-23(28)24-21-6-4-5-19(14-21)18(2)27/h4-8,13-14H,9-12,15-16H2,1-3H3,(H,24,28)/p+2. The molecular formula is C23H31N3O3+2. The molecule has 0 bridgehead atoms. The van der Waals surface area contributed by atoms with Gasteiger partial charge in [-0.05, 0) is 38.1 Å². The number of hydrogen-bond acceptors (Lipinski definition) is 3. The minimum Gasteiger partial charge on any atom is -0.496 e. The molecule has 3 N–H and O–H groups in total. The van der Waals surface area contributed by atoms with Gasteiger partial charge in [0.1, 0.15) is 38.5 Å². The number of quaternary nitrogens is 2. The minimum absolute atomic E-state index is 0.00365. The number of hydrogen-bond donors (Lipinski definition) is 3. The first-order valence-corrected chi connectivity index (χ1v) is 10.2. The SMILES string of the molecule is COc1ccc(C)cc1C[NH+]1CC[NH+](CC(=O)Nc2cccc(C(C)=O)c2)CC1. The molecule has 29 heavy (non-hydrogen) atoms. The molecule has 3 rings (SSSR count). The molecule has 0 radical (unpaired) electrons. The second-order valence-electron chi connectivity index (χ2n) is 7.85. The summed E-state index contributed by atoms with van der Waals surface area (Å²) in [6.45, 7) is 9.01. The molecule has 1 aliphatic heterocycles. The molecule has 2 aromatic carbocycles. The van der Waals surface area contributed by atoms with Crippen LogP contribution in [-0.2, 0) is 11.3 Å². The van der Waals surface area contributed by atoms with Crippen molar-refractivity contribution < 1.29 is 24.1 Å². The largest absolute Gasteiger partial charge is 0.496 e. The van der Waals surface area contributed by atoms with Crippen LogP contribution in [0.5, 0.6) is 5.75 Å². The fourth-order valence-corrected chi connectivity index (χ4v) is 3.87. The second kappa shape index (κ2) is 9.67. The minimum atomic E-state index is -0.00972. The lowest BCUT2D eigenvalue weighted by Gasteiger charge is -2.29. The number of benzene rings is 2. The number of anilines is 1. The van der Waals surface area contributed by atoms with E-state index in [4.69, 9.17) is 4.74 Å². The van der Waals surface area contributed by atoms with E-state index in [-0.39, 0.29) is 11.7 Å². The summed E-state index contributed by atoms with van der Waals surface area (Å²) in [5.41, 5.74) is 3.78. The van der Waals surface area contributed by atoms with Crippen LogP contribution in [0.4, 0.5) is 5.69 Å². The number of nitrogens with one attached hydrogen (secondary N) is 3. The fraction of sp³-hybridized carbons (Fsp3) is 0.391. The van der Waals surface area contributed by atoms with Crippen LogP contribution in [0, 0.1) is 6.92 Å². The van der Waals surface area contributed by atoms with Gasteiger partial charge in [-0.3, -0.25) is 9.59 Å². The van der Waals surface area contributed by atoms with Crippen LogP contribution < -0.4 is 19.9 Å². The summed E-state index contributed by atoms with van der Waals surface area (Å²) in [7, 11) is 1.72. The monoisotopic (exact) mass is 397 g/mol. The highest BCUT2D eigenvalue weighted by atomic mass is 16.5. The van der Waals surface area contributed by atoms with E-state index in [1.54, 1.807) is 25.3 Å². The Morgan fingerprint density at radius 2 is 1.76 bits per heavy atom. The van der Waals surface area contributed by atoms with E-state index in [2.05, 4.69) is 24.4 Å². The molecule has 0 aromatic heterocycles. The third-order valence-corrected chi connectivity index (χ3v) is 5.50. The van der Waals surface area contributed by atoms with Crippen molar-refractivity contribution in [2.24, 2.45) is 0 Å². The molecule has 1 heterocycles. The maximum Gasteiger partial charge on any atom is 0.279 e. The summed E-state index contributed by atoms with van der Waals surface area (Å²) in [6.07, 6.45) is 0. The van der Waals surface area contributed by atoms with Gasteiger partial charge in [0.15, 0.2) is 12.3 Å². The van der Waals surface area contributed by atoms with E-state index in [1.807, 2.05) is 12.1 Å².